The minimum Gasteiger partial charge on any atom is -0.488 e. The lowest BCUT2D eigenvalue weighted by Crippen LogP contribution is -2.18. The van der Waals surface area contributed by atoms with Crippen molar-refractivity contribution in [3.8, 4) is 5.75 Å². The van der Waals surface area contributed by atoms with E-state index < -0.39 is 6.10 Å². The molecular weight excluding hydrogens is 291 g/mol. The number of rotatable bonds is 4. The fraction of sp³-hybridized carbons (Fsp3) is 0.333. The molecule has 0 radical (unpaired) electrons. The van der Waals surface area contributed by atoms with Crippen molar-refractivity contribution in [2.45, 2.75) is 6.10 Å². The molecule has 0 aliphatic rings. The van der Waals surface area contributed by atoms with Gasteiger partial charge in [0.2, 0.25) is 0 Å². The molecule has 0 amide bonds. The van der Waals surface area contributed by atoms with E-state index in [2.05, 4.69) is 15.9 Å². The van der Waals surface area contributed by atoms with Gasteiger partial charge in [-0.15, -0.1) is 0 Å². The predicted octanol–water partition coefficient (Wildman–Crippen LogP) is 3.13. The molecule has 0 saturated carbocycles. The molecule has 1 unspecified atom stereocenters. The number of benzene rings is 1. The molecule has 2 nitrogen and oxygen atoms in total. The van der Waals surface area contributed by atoms with Crippen LogP contribution in [0.4, 0.5) is 0 Å². The Bertz CT molecular complexity index is 287. The summed E-state index contributed by atoms with van der Waals surface area (Å²) in [6.07, 6.45) is -0.567. The van der Waals surface area contributed by atoms with Crippen LogP contribution in [-0.2, 0) is 0 Å². The van der Waals surface area contributed by atoms with E-state index in [1.165, 1.54) is 0 Å². The van der Waals surface area contributed by atoms with Crippen LogP contribution in [-0.4, -0.2) is 23.1 Å². The van der Waals surface area contributed by atoms with Gasteiger partial charge in [0, 0.05) is 5.33 Å². The molecule has 1 N–H and O–H groups in total. The average Bonchev–Trinajstić information content (AvgIpc) is 2.16. The highest BCUT2D eigenvalue weighted by molar-refractivity contribution is 9.09. The van der Waals surface area contributed by atoms with Crippen LogP contribution in [0.5, 0.6) is 5.75 Å². The van der Waals surface area contributed by atoms with Crippen molar-refractivity contribution >= 4 is 39.1 Å². The number of para-hydroxylation sites is 1. The van der Waals surface area contributed by atoms with Crippen molar-refractivity contribution in [3.05, 3.63) is 28.2 Å². The Kier molecular flexibility index (Phi) is 5.02. The first-order valence-corrected chi connectivity index (χ1v) is 5.83. The summed E-state index contributed by atoms with van der Waals surface area (Å²) in [4.78, 5) is 0. The summed E-state index contributed by atoms with van der Waals surface area (Å²) in [7, 11) is 0. The maximum atomic E-state index is 9.24. The number of halogens is 3. The van der Waals surface area contributed by atoms with Gasteiger partial charge in [0.15, 0.2) is 5.75 Å². The predicted molar refractivity (Wildman–Crippen MR) is 61.8 cm³/mol. The number of alkyl halides is 1. The van der Waals surface area contributed by atoms with E-state index in [4.69, 9.17) is 27.9 Å². The Morgan fingerprint density at radius 2 is 1.93 bits per heavy atom. The molecule has 0 aliphatic carbocycles. The molecule has 0 fully saturated rings. The van der Waals surface area contributed by atoms with Crippen LogP contribution in [0.3, 0.4) is 0 Å². The monoisotopic (exact) mass is 298 g/mol. The van der Waals surface area contributed by atoms with Crippen LogP contribution in [0.15, 0.2) is 18.2 Å². The molecule has 1 aromatic rings. The molecule has 14 heavy (non-hydrogen) atoms. The van der Waals surface area contributed by atoms with E-state index in [0.717, 1.165) is 0 Å². The Balaban J connectivity index is 2.66. The standard InChI is InChI=1S/C9H9BrCl2O2/c10-4-6(13)5-14-9-7(11)2-1-3-8(9)12/h1-3,6,13H,4-5H2. The summed E-state index contributed by atoms with van der Waals surface area (Å²) in [5.41, 5.74) is 0. The van der Waals surface area contributed by atoms with Crippen LogP contribution in [0, 0.1) is 0 Å². The second-order valence-electron chi connectivity index (χ2n) is 2.67. The van der Waals surface area contributed by atoms with Crippen molar-refractivity contribution in [1.29, 1.82) is 0 Å². The maximum absolute atomic E-state index is 9.24. The fourth-order valence-electron chi connectivity index (χ4n) is 0.844. The summed E-state index contributed by atoms with van der Waals surface area (Å²) in [5, 5.41) is 10.6. The summed E-state index contributed by atoms with van der Waals surface area (Å²) in [5.74, 6) is 0.413. The normalized spacial score (nSPS) is 12.6. The van der Waals surface area contributed by atoms with Crippen LogP contribution >= 0.6 is 39.1 Å². The fourth-order valence-corrected chi connectivity index (χ4v) is 1.54. The third-order valence-electron chi connectivity index (χ3n) is 1.52. The Morgan fingerprint density at radius 3 is 2.43 bits per heavy atom. The van der Waals surface area contributed by atoms with Gasteiger partial charge in [-0.25, -0.2) is 0 Å². The summed E-state index contributed by atoms with van der Waals surface area (Å²) in [6, 6.07) is 5.10. The molecular formula is C9H9BrCl2O2. The van der Waals surface area contributed by atoms with E-state index in [1.54, 1.807) is 18.2 Å². The number of hydrogen-bond acceptors (Lipinski definition) is 2. The molecule has 78 valence electrons. The highest BCUT2D eigenvalue weighted by Gasteiger charge is 2.09. The van der Waals surface area contributed by atoms with Crippen LogP contribution in [0.1, 0.15) is 0 Å². The van der Waals surface area contributed by atoms with Gasteiger partial charge in [-0.05, 0) is 12.1 Å². The zero-order chi connectivity index (χ0) is 10.6. The van der Waals surface area contributed by atoms with E-state index >= 15 is 0 Å². The molecule has 0 aromatic heterocycles. The Hall–Kier alpha value is 0.0400. The second kappa shape index (κ2) is 5.81. The van der Waals surface area contributed by atoms with Gasteiger partial charge in [-0.1, -0.05) is 45.2 Å². The molecule has 1 atom stereocenters. The zero-order valence-corrected chi connectivity index (χ0v) is 10.3. The van der Waals surface area contributed by atoms with E-state index in [-0.39, 0.29) is 6.61 Å². The lowest BCUT2D eigenvalue weighted by molar-refractivity contribution is 0.127. The third-order valence-corrected chi connectivity index (χ3v) is 2.86. The summed E-state index contributed by atoms with van der Waals surface area (Å²) in [6.45, 7) is 0.161. The van der Waals surface area contributed by atoms with Crippen molar-refractivity contribution in [1.82, 2.24) is 0 Å². The van der Waals surface area contributed by atoms with Crippen molar-refractivity contribution < 1.29 is 9.84 Å². The van der Waals surface area contributed by atoms with E-state index in [9.17, 15) is 5.11 Å². The highest BCUT2D eigenvalue weighted by atomic mass is 79.9. The maximum Gasteiger partial charge on any atom is 0.156 e. The second-order valence-corrected chi connectivity index (χ2v) is 4.13. The van der Waals surface area contributed by atoms with Crippen molar-refractivity contribution in [3.63, 3.8) is 0 Å². The number of aliphatic hydroxyl groups excluding tert-OH is 1. The number of hydrogen-bond donors (Lipinski definition) is 1. The largest absolute Gasteiger partial charge is 0.488 e. The third kappa shape index (κ3) is 3.31. The van der Waals surface area contributed by atoms with Gasteiger partial charge in [0.05, 0.1) is 16.1 Å². The minimum atomic E-state index is -0.567. The van der Waals surface area contributed by atoms with Gasteiger partial charge < -0.3 is 9.84 Å². The Morgan fingerprint density at radius 1 is 1.36 bits per heavy atom. The van der Waals surface area contributed by atoms with Gasteiger partial charge in [-0.2, -0.15) is 0 Å². The smallest absolute Gasteiger partial charge is 0.156 e. The molecule has 0 spiro atoms. The van der Waals surface area contributed by atoms with Gasteiger partial charge >= 0.3 is 0 Å². The molecule has 0 aliphatic heterocycles. The van der Waals surface area contributed by atoms with E-state index in [0.29, 0.717) is 21.1 Å². The molecule has 0 heterocycles. The first kappa shape index (κ1) is 12.1. The first-order chi connectivity index (χ1) is 6.65. The SMILES string of the molecule is OC(CBr)COc1c(Cl)cccc1Cl. The zero-order valence-electron chi connectivity index (χ0n) is 7.21. The first-order valence-electron chi connectivity index (χ1n) is 3.96. The average molecular weight is 300 g/mol. The van der Waals surface area contributed by atoms with Gasteiger partial charge in [-0.3, -0.25) is 0 Å². The Labute approximate surface area is 101 Å². The van der Waals surface area contributed by atoms with Crippen LogP contribution in [0.2, 0.25) is 10.0 Å². The molecule has 1 rings (SSSR count). The molecule has 5 heteroatoms. The minimum absolute atomic E-state index is 0.161. The van der Waals surface area contributed by atoms with Crippen molar-refractivity contribution in [2.24, 2.45) is 0 Å². The van der Waals surface area contributed by atoms with Crippen LogP contribution in [0.25, 0.3) is 0 Å². The lowest BCUT2D eigenvalue weighted by atomic mass is 10.3. The highest BCUT2D eigenvalue weighted by Crippen LogP contribution is 2.32. The topological polar surface area (TPSA) is 29.5 Å². The van der Waals surface area contributed by atoms with Crippen LogP contribution < -0.4 is 4.74 Å². The quantitative estimate of drug-likeness (QED) is 0.866. The van der Waals surface area contributed by atoms with E-state index in [1.807, 2.05) is 0 Å². The van der Waals surface area contributed by atoms with Gasteiger partial charge in [0.1, 0.15) is 6.61 Å². The molecule has 0 saturated heterocycles. The molecule has 0 bridgehead atoms. The summed E-state index contributed by atoms with van der Waals surface area (Å²) >= 11 is 14.8. The number of ether oxygens (including phenoxy) is 1. The lowest BCUT2D eigenvalue weighted by Gasteiger charge is -2.11. The summed E-state index contributed by atoms with van der Waals surface area (Å²) < 4.78 is 5.28. The number of aliphatic hydroxyl groups is 1. The van der Waals surface area contributed by atoms with Gasteiger partial charge in [0.25, 0.3) is 0 Å². The van der Waals surface area contributed by atoms with Crippen molar-refractivity contribution in [2.75, 3.05) is 11.9 Å². The molecule has 1 aromatic carbocycles.